The molecule has 0 amide bonds. The lowest BCUT2D eigenvalue weighted by Gasteiger charge is -2.18. The molecule has 0 aromatic heterocycles. The Kier molecular flexibility index (Phi) is 58.2. The quantitative estimate of drug-likeness (QED) is 0.0261. The Bertz CT molecular complexity index is 1190. The Labute approximate surface area is 442 Å². The van der Waals surface area contributed by atoms with Crippen LogP contribution in [0, 0.1) is 0 Å². The minimum Gasteiger partial charge on any atom is -0.462 e. The monoisotopic (exact) mass is 997 g/mol. The van der Waals surface area contributed by atoms with E-state index in [4.69, 9.17) is 14.2 Å². The topological polar surface area (TPSA) is 78.9 Å². The van der Waals surface area contributed by atoms with Crippen molar-refractivity contribution in [1.29, 1.82) is 0 Å². The van der Waals surface area contributed by atoms with Gasteiger partial charge < -0.3 is 14.2 Å². The molecule has 6 nitrogen and oxygen atoms in total. The smallest absolute Gasteiger partial charge is 0.306 e. The summed E-state index contributed by atoms with van der Waals surface area (Å²) in [5, 5.41) is 0. The van der Waals surface area contributed by atoms with Gasteiger partial charge in [-0.05, 0) is 70.6 Å². The highest BCUT2D eigenvalue weighted by Crippen LogP contribution is 2.17. The van der Waals surface area contributed by atoms with Gasteiger partial charge in [-0.15, -0.1) is 0 Å². The van der Waals surface area contributed by atoms with E-state index in [0.29, 0.717) is 19.3 Å². The van der Waals surface area contributed by atoms with Gasteiger partial charge in [0.15, 0.2) is 6.10 Å². The molecule has 0 N–H and O–H groups in total. The number of ether oxygens (including phenoxy) is 3. The van der Waals surface area contributed by atoms with Gasteiger partial charge in [0.1, 0.15) is 13.2 Å². The molecule has 0 aliphatic heterocycles. The van der Waals surface area contributed by atoms with Crippen molar-refractivity contribution in [3.8, 4) is 0 Å². The summed E-state index contributed by atoms with van der Waals surface area (Å²) in [6.45, 7) is 6.56. The van der Waals surface area contributed by atoms with Crippen LogP contribution in [0.4, 0.5) is 0 Å². The predicted octanol–water partition coefficient (Wildman–Crippen LogP) is 21.2. The third-order valence-corrected chi connectivity index (χ3v) is 14.1. The third kappa shape index (κ3) is 58.4. The van der Waals surface area contributed by atoms with Crippen LogP contribution in [0.2, 0.25) is 0 Å². The second kappa shape index (κ2) is 60.2. The molecule has 6 heteroatoms. The number of allylic oxidation sites excluding steroid dienone is 6. The van der Waals surface area contributed by atoms with E-state index in [0.717, 1.165) is 89.9 Å². The van der Waals surface area contributed by atoms with Crippen molar-refractivity contribution in [1.82, 2.24) is 0 Å². The van der Waals surface area contributed by atoms with Crippen LogP contribution in [0.15, 0.2) is 36.5 Å². The van der Waals surface area contributed by atoms with Crippen molar-refractivity contribution in [3.63, 3.8) is 0 Å². The number of esters is 3. The molecule has 0 bridgehead atoms. The van der Waals surface area contributed by atoms with Gasteiger partial charge >= 0.3 is 17.9 Å². The maximum atomic E-state index is 12.8. The van der Waals surface area contributed by atoms with E-state index < -0.39 is 6.10 Å². The Hall–Kier alpha value is -2.37. The van der Waals surface area contributed by atoms with E-state index >= 15 is 0 Å². The van der Waals surface area contributed by atoms with E-state index in [2.05, 4.69) is 57.2 Å². The molecule has 0 aliphatic carbocycles. The maximum absolute atomic E-state index is 12.8. The van der Waals surface area contributed by atoms with Crippen LogP contribution in [0.1, 0.15) is 342 Å². The first-order valence-corrected chi connectivity index (χ1v) is 31.5. The molecule has 0 fully saturated rings. The van der Waals surface area contributed by atoms with Gasteiger partial charge in [-0.3, -0.25) is 14.4 Å². The number of carbonyl (C=O) groups excluding carboxylic acids is 3. The van der Waals surface area contributed by atoms with E-state index in [-0.39, 0.29) is 31.1 Å². The lowest BCUT2D eigenvalue weighted by molar-refractivity contribution is -0.167. The molecule has 416 valence electrons. The fraction of sp³-hybridized carbons (Fsp3) is 0.862. The van der Waals surface area contributed by atoms with Gasteiger partial charge in [0.05, 0.1) is 0 Å². The average molecular weight is 998 g/mol. The number of unbranched alkanes of at least 4 members (excludes halogenated alkanes) is 41. The molecule has 0 saturated carbocycles. The minimum absolute atomic E-state index is 0.0739. The molecule has 0 radical (unpaired) electrons. The van der Waals surface area contributed by atoms with Gasteiger partial charge in [0.25, 0.3) is 0 Å². The summed E-state index contributed by atoms with van der Waals surface area (Å²) in [6.07, 6.45) is 73.5. The van der Waals surface area contributed by atoms with Crippen LogP contribution < -0.4 is 0 Å². The molecule has 0 saturated heterocycles. The SMILES string of the molecule is CCC/C=C\C/C=C\CCCCCCCC(=O)OC(COC(=O)CCCCCCCCC)COC(=O)CCCCCCCCCCCCCCCCCCCCCCC/C=C\CCCCCCCCCC. The summed E-state index contributed by atoms with van der Waals surface area (Å²) >= 11 is 0. The lowest BCUT2D eigenvalue weighted by Crippen LogP contribution is -2.30. The third-order valence-electron chi connectivity index (χ3n) is 14.1. The van der Waals surface area contributed by atoms with Crippen molar-refractivity contribution >= 4 is 17.9 Å². The Morgan fingerprint density at radius 2 is 0.535 bits per heavy atom. The van der Waals surface area contributed by atoms with Crippen LogP contribution in [0.3, 0.4) is 0 Å². The second-order valence-electron chi connectivity index (χ2n) is 21.3. The number of hydrogen-bond donors (Lipinski definition) is 0. The maximum Gasteiger partial charge on any atom is 0.306 e. The molecule has 0 spiro atoms. The van der Waals surface area contributed by atoms with E-state index in [1.54, 1.807) is 0 Å². The zero-order chi connectivity index (χ0) is 51.4. The fourth-order valence-corrected chi connectivity index (χ4v) is 9.36. The van der Waals surface area contributed by atoms with Gasteiger partial charge in [-0.2, -0.15) is 0 Å². The average Bonchev–Trinajstić information content (AvgIpc) is 3.37. The van der Waals surface area contributed by atoms with E-state index in [1.165, 1.54) is 212 Å². The zero-order valence-electron chi connectivity index (χ0n) is 47.8. The highest BCUT2D eigenvalue weighted by atomic mass is 16.6. The van der Waals surface area contributed by atoms with Crippen molar-refractivity contribution in [2.45, 2.75) is 348 Å². The summed E-state index contributed by atoms with van der Waals surface area (Å²) in [5.41, 5.74) is 0. The zero-order valence-corrected chi connectivity index (χ0v) is 47.8. The van der Waals surface area contributed by atoms with Crippen LogP contribution >= 0.6 is 0 Å². The van der Waals surface area contributed by atoms with E-state index in [1.807, 2.05) is 0 Å². The van der Waals surface area contributed by atoms with Crippen molar-refractivity contribution in [2.24, 2.45) is 0 Å². The fourth-order valence-electron chi connectivity index (χ4n) is 9.36. The molecule has 0 rings (SSSR count). The summed E-state index contributed by atoms with van der Waals surface area (Å²) in [5.74, 6) is -0.880. The van der Waals surface area contributed by atoms with Crippen LogP contribution in [0.5, 0.6) is 0 Å². The van der Waals surface area contributed by atoms with Crippen molar-refractivity contribution in [3.05, 3.63) is 36.5 Å². The number of rotatable bonds is 58. The largest absolute Gasteiger partial charge is 0.462 e. The minimum atomic E-state index is -0.773. The normalized spacial score (nSPS) is 12.2. The summed E-state index contributed by atoms with van der Waals surface area (Å²) < 4.78 is 16.8. The molecule has 1 unspecified atom stereocenters. The Morgan fingerprint density at radius 3 is 0.845 bits per heavy atom. The summed E-state index contributed by atoms with van der Waals surface area (Å²) in [6, 6.07) is 0. The highest BCUT2D eigenvalue weighted by molar-refractivity contribution is 5.71. The standard InChI is InChI=1S/C65H120O6/c1-4-7-10-13-16-18-20-22-23-24-25-26-27-28-29-30-31-32-33-34-35-36-37-38-39-40-41-43-44-46-49-52-55-58-64(67)70-61-62(60-69-63(66)57-54-51-48-15-12-9-6-3)71-65(68)59-56-53-50-47-45-42-21-19-17-14-11-8-5-2/h11,14,19,21,24-25,62H,4-10,12-13,15-18,20,22-23,26-61H2,1-3H3/b14-11-,21-19-,25-24-. The molecular formula is C65H120O6. The summed E-state index contributed by atoms with van der Waals surface area (Å²) in [4.78, 5) is 37.9. The molecule has 1 atom stereocenters. The van der Waals surface area contributed by atoms with Crippen LogP contribution in [-0.4, -0.2) is 37.2 Å². The molecule has 0 heterocycles. The molecule has 71 heavy (non-hydrogen) atoms. The van der Waals surface area contributed by atoms with Crippen molar-refractivity contribution < 1.29 is 28.6 Å². The van der Waals surface area contributed by atoms with Crippen LogP contribution in [0.25, 0.3) is 0 Å². The summed E-state index contributed by atoms with van der Waals surface area (Å²) in [7, 11) is 0. The van der Waals surface area contributed by atoms with Crippen molar-refractivity contribution in [2.75, 3.05) is 13.2 Å². The van der Waals surface area contributed by atoms with Crippen LogP contribution in [-0.2, 0) is 28.6 Å². The second-order valence-corrected chi connectivity index (χ2v) is 21.3. The Morgan fingerprint density at radius 1 is 0.282 bits per heavy atom. The Balaban J connectivity index is 3.92. The number of carbonyl (C=O) groups is 3. The lowest BCUT2D eigenvalue weighted by atomic mass is 10.0. The predicted molar refractivity (Wildman–Crippen MR) is 307 cm³/mol. The first kappa shape index (κ1) is 68.6. The first-order valence-electron chi connectivity index (χ1n) is 31.5. The molecular weight excluding hydrogens is 877 g/mol. The van der Waals surface area contributed by atoms with Gasteiger partial charge in [0.2, 0.25) is 0 Å². The molecule has 0 aromatic carbocycles. The van der Waals surface area contributed by atoms with E-state index in [9.17, 15) is 14.4 Å². The van der Waals surface area contributed by atoms with Gasteiger partial charge in [-0.25, -0.2) is 0 Å². The molecule has 0 aliphatic rings. The molecule has 0 aromatic rings. The highest BCUT2D eigenvalue weighted by Gasteiger charge is 2.19. The van der Waals surface area contributed by atoms with Gasteiger partial charge in [-0.1, -0.05) is 288 Å². The first-order chi connectivity index (χ1) is 35.0. The number of hydrogen-bond acceptors (Lipinski definition) is 6. The van der Waals surface area contributed by atoms with Gasteiger partial charge in [0, 0.05) is 19.3 Å².